The van der Waals surface area contributed by atoms with Crippen LogP contribution in [0.3, 0.4) is 0 Å². The molecule has 0 bridgehead atoms. The van der Waals surface area contributed by atoms with Crippen molar-refractivity contribution in [2.24, 2.45) is 5.73 Å². The van der Waals surface area contributed by atoms with Gasteiger partial charge in [0.15, 0.2) is 5.82 Å². The molecule has 7 N–H and O–H groups in total. The molecule has 1 amide bonds. The lowest BCUT2D eigenvalue weighted by Gasteiger charge is -2.19. The van der Waals surface area contributed by atoms with E-state index in [1.165, 1.54) is 13.8 Å². The molecule has 0 aliphatic carbocycles. The maximum Gasteiger partial charge on any atom is 0.490 e. The topological polar surface area (TPSA) is 207 Å². The standard InChI is InChI=1S/C19H24N6O4.C2HF3O2/c1-11(8-20)29-18-14(17(26)25-28-10-19(2,3)27)15(22)23-16(24-18)13-6-4-5-12(7-13)9-21;3-2(4,5)1(6)7/h4-7,11,27H,8,10,20H2,1-3H3,(H,25,26)(H2,22,23,24);(H,6,7)/t11-;/m0./s1. The number of hydrogen-bond donors (Lipinski definition) is 5. The maximum absolute atomic E-state index is 12.6. The Morgan fingerprint density at radius 1 is 1.28 bits per heavy atom. The third-order valence-corrected chi connectivity index (χ3v) is 3.86. The highest BCUT2D eigenvalue weighted by atomic mass is 19.4. The molecule has 1 aromatic heterocycles. The summed E-state index contributed by atoms with van der Waals surface area (Å²) >= 11 is 0. The fourth-order valence-corrected chi connectivity index (χ4v) is 2.18. The number of nitrogen functional groups attached to an aromatic ring is 1. The number of anilines is 1. The van der Waals surface area contributed by atoms with E-state index in [1.807, 2.05) is 6.07 Å². The van der Waals surface area contributed by atoms with Crippen LogP contribution in [0.25, 0.3) is 11.4 Å². The number of nitrogens with two attached hydrogens (primary N) is 2. The number of amides is 1. The molecule has 196 valence electrons. The van der Waals surface area contributed by atoms with Crippen LogP contribution >= 0.6 is 0 Å². The van der Waals surface area contributed by atoms with Gasteiger partial charge in [-0.1, -0.05) is 12.1 Å². The van der Waals surface area contributed by atoms with Gasteiger partial charge >= 0.3 is 12.1 Å². The van der Waals surface area contributed by atoms with Crippen LogP contribution in [0.1, 0.15) is 36.7 Å². The van der Waals surface area contributed by atoms with E-state index in [1.54, 1.807) is 31.2 Å². The number of ether oxygens (including phenoxy) is 1. The van der Waals surface area contributed by atoms with E-state index in [0.29, 0.717) is 11.1 Å². The van der Waals surface area contributed by atoms with Crippen molar-refractivity contribution in [1.82, 2.24) is 15.4 Å². The number of carboxylic acid groups (broad SMARTS) is 1. The Bertz CT molecular complexity index is 1110. The number of halogens is 3. The Hall–Kier alpha value is -4.00. The first-order chi connectivity index (χ1) is 16.6. The molecule has 0 fully saturated rings. The lowest BCUT2D eigenvalue weighted by atomic mass is 10.1. The summed E-state index contributed by atoms with van der Waals surface area (Å²) in [7, 11) is 0. The Balaban J connectivity index is 0.000000809. The van der Waals surface area contributed by atoms with Crippen LogP contribution in [0.15, 0.2) is 24.3 Å². The molecule has 0 aliphatic rings. The van der Waals surface area contributed by atoms with Crippen LogP contribution in [0, 0.1) is 11.3 Å². The Labute approximate surface area is 203 Å². The number of nitriles is 1. The van der Waals surface area contributed by atoms with Crippen molar-refractivity contribution in [2.45, 2.75) is 38.7 Å². The molecule has 0 aliphatic heterocycles. The summed E-state index contributed by atoms with van der Waals surface area (Å²) in [5.41, 5.74) is 13.5. The van der Waals surface area contributed by atoms with Crippen LogP contribution < -0.4 is 21.7 Å². The van der Waals surface area contributed by atoms with Gasteiger partial charge in [0, 0.05) is 12.1 Å². The van der Waals surface area contributed by atoms with Gasteiger partial charge in [-0.2, -0.15) is 23.4 Å². The Morgan fingerprint density at radius 2 is 1.89 bits per heavy atom. The van der Waals surface area contributed by atoms with Crippen LogP contribution in [0.4, 0.5) is 19.0 Å². The number of carbonyl (C=O) groups excluding carboxylic acids is 1. The number of hydroxylamine groups is 1. The number of benzene rings is 1. The van der Waals surface area contributed by atoms with Crippen LogP contribution in [0.2, 0.25) is 0 Å². The van der Waals surface area contributed by atoms with Crippen molar-refractivity contribution in [3.05, 3.63) is 35.4 Å². The van der Waals surface area contributed by atoms with Crippen LogP contribution in [-0.4, -0.2) is 63.1 Å². The van der Waals surface area contributed by atoms with E-state index in [2.05, 4.69) is 15.4 Å². The highest BCUT2D eigenvalue weighted by Gasteiger charge is 2.38. The van der Waals surface area contributed by atoms with E-state index < -0.39 is 29.8 Å². The molecule has 0 spiro atoms. The first-order valence-electron chi connectivity index (χ1n) is 10.1. The third kappa shape index (κ3) is 9.70. The van der Waals surface area contributed by atoms with E-state index in [0.717, 1.165) is 0 Å². The van der Waals surface area contributed by atoms with E-state index >= 15 is 0 Å². The number of aliphatic carboxylic acids is 1. The van der Waals surface area contributed by atoms with Gasteiger partial charge in [-0.15, -0.1) is 0 Å². The molecule has 0 unspecified atom stereocenters. The van der Waals surface area contributed by atoms with Gasteiger partial charge < -0.3 is 26.4 Å². The number of nitrogens with one attached hydrogen (secondary N) is 1. The summed E-state index contributed by atoms with van der Waals surface area (Å²) in [6, 6.07) is 8.66. The molecule has 0 saturated carbocycles. The van der Waals surface area contributed by atoms with Crippen molar-refractivity contribution in [3.8, 4) is 23.3 Å². The number of aliphatic hydroxyl groups is 1. The highest BCUT2D eigenvalue weighted by molar-refractivity contribution is 6.00. The Morgan fingerprint density at radius 3 is 2.39 bits per heavy atom. The summed E-state index contributed by atoms with van der Waals surface area (Å²) in [4.78, 5) is 34.9. The zero-order valence-corrected chi connectivity index (χ0v) is 19.5. The van der Waals surface area contributed by atoms with Gasteiger partial charge in [0.05, 0.1) is 17.2 Å². The third-order valence-electron chi connectivity index (χ3n) is 3.86. The fourth-order valence-electron chi connectivity index (χ4n) is 2.18. The van der Waals surface area contributed by atoms with E-state index in [-0.39, 0.29) is 36.2 Å². The molecular formula is C21H25F3N6O6. The summed E-state index contributed by atoms with van der Waals surface area (Å²) in [6.07, 6.45) is -5.54. The second kappa shape index (κ2) is 12.6. The van der Waals surface area contributed by atoms with Gasteiger partial charge in [0.2, 0.25) is 5.88 Å². The molecule has 1 heterocycles. The van der Waals surface area contributed by atoms with Crippen molar-refractivity contribution < 1.29 is 42.5 Å². The van der Waals surface area contributed by atoms with Gasteiger partial charge in [-0.25, -0.2) is 15.3 Å². The molecule has 1 atom stereocenters. The molecule has 0 radical (unpaired) electrons. The molecule has 2 aromatic rings. The van der Waals surface area contributed by atoms with Crippen molar-refractivity contribution in [3.63, 3.8) is 0 Å². The van der Waals surface area contributed by atoms with Crippen LogP contribution in [0.5, 0.6) is 5.88 Å². The average Bonchev–Trinajstić information content (AvgIpc) is 2.77. The van der Waals surface area contributed by atoms with E-state index in [9.17, 15) is 23.1 Å². The minimum absolute atomic E-state index is 0.0721. The van der Waals surface area contributed by atoms with Gasteiger partial charge in [-0.3, -0.25) is 9.63 Å². The second-order valence-corrected chi connectivity index (χ2v) is 7.80. The number of hydrogen-bond acceptors (Lipinski definition) is 10. The predicted molar refractivity (Wildman–Crippen MR) is 119 cm³/mol. The number of carbonyl (C=O) groups is 2. The van der Waals surface area contributed by atoms with Crippen LogP contribution in [-0.2, 0) is 9.63 Å². The molecular weight excluding hydrogens is 489 g/mol. The number of alkyl halides is 3. The summed E-state index contributed by atoms with van der Waals surface area (Å²) in [5, 5.41) is 25.9. The zero-order valence-electron chi connectivity index (χ0n) is 19.5. The number of carboxylic acids is 1. The zero-order chi connectivity index (χ0) is 27.7. The molecule has 36 heavy (non-hydrogen) atoms. The van der Waals surface area contributed by atoms with Crippen molar-refractivity contribution >= 4 is 17.7 Å². The van der Waals surface area contributed by atoms with Crippen molar-refractivity contribution in [1.29, 1.82) is 5.26 Å². The first kappa shape index (κ1) is 30.0. The first-order valence-corrected chi connectivity index (χ1v) is 10.1. The number of rotatable bonds is 8. The molecule has 0 saturated heterocycles. The average molecular weight is 514 g/mol. The molecule has 12 nitrogen and oxygen atoms in total. The summed E-state index contributed by atoms with van der Waals surface area (Å²) in [6.45, 7) is 4.80. The van der Waals surface area contributed by atoms with Gasteiger partial charge in [0.1, 0.15) is 24.1 Å². The minimum atomic E-state index is -5.08. The second-order valence-electron chi connectivity index (χ2n) is 7.80. The number of nitrogens with zero attached hydrogens (tertiary/aromatic N) is 3. The molecule has 1 aromatic carbocycles. The maximum atomic E-state index is 12.6. The van der Waals surface area contributed by atoms with Gasteiger partial charge in [-0.05, 0) is 32.9 Å². The minimum Gasteiger partial charge on any atom is -0.475 e. The largest absolute Gasteiger partial charge is 0.490 e. The lowest BCUT2D eigenvalue weighted by Crippen LogP contribution is -2.34. The lowest BCUT2D eigenvalue weighted by molar-refractivity contribution is -0.192. The monoisotopic (exact) mass is 514 g/mol. The summed E-state index contributed by atoms with van der Waals surface area (Å²) < 4.78 is 37.4. The summed E-state index contributed by atoms with van der Waals surface area (Å²) in [5.74, 6) is -3.51. The van der Waals surface area contributed by atoms with Crippen molar-refractivity contribution in [2.75, 3.05) is 18.9 Å². The predicted octanol–water partition coefficient (Wildman–Crippen LogP) is 1.39. The van der Waals surface area contributed by atoms with E-state index in [4.69, 9.17) is 36.2 Å². The SMILES string of the molecule is C[C@@H](CN)Oc1nc(-c2cccc(C#N)c2)nc(N)c1C(=O)NOCC(C)(C)O.O=C(O)C(F)(F)F. The normalized spacial score (nSPS) is 12.0. The quantitative estimate of drug-likeness (QED) is 0.318. The fraction of sp³-hybridized carbons (Fsp3) is 0.381. The highest BCUT2D eigenvalue weighted by Crippen LogP contribution is 2.27. The smallest absolute Gasteiger partial charge is 0.475 e. The Kier molecular flexibility index (Phi) is 10.5. The molecule has 2 rings (SSSR count). The molecule has 15 heteroatoms. The van der Waals surface area contributed by atoms with Gasteiger partial charge in [0.25, 0.3) is 5.91 Å². The number of aromatic nitrogens is 2.